The molecule has 0 fully saturated rings. The Balaban J connectivity index is 2.87. The highest BCUT2D eigenvalue weighted by Gasteiger charge is 2.30. The highest BCUT2D eigenvalue weighted by molar-refractivity contribution is 6.21. The molecule has 1 aromatic carbocycles. The Morgan fingerprint density at radius 1 is 1.35 bits per heavy atom. The summed E-state index contributed by atoms with van der Waals surface area (Å²) in [6, 6.07) is 4.23. The lowest BCUT2D eigenvalue weighted by molar-refractivity contribution is -0.147. The van der Waals surface area contributed by atoms with Gasteiger partial charge in [0.15, 0.2) is 11.5 Å². The number of aromatic hydroxyl groups is 2. The van der Waals surface area contributed by atoms with Gasteiger partial charge in [-0.25, -0.2) is 0 Å². The Morgan fingerprint density at radius 3 is 2.41 bits per heavy atom. The van der Waals surface area contributed by atoms with Crippen LogP contribution >= 0.6 is 11.6 Å². The van der Waals surface area contributed by atoms with E-state index in [0.717, 1.165) is 0 Å². The second-order valence-corrected chi connectivity index (χ2v) is 5.14. The minimum absolute atomic E-state index is 0.227. The summed E-state index contributed by atoms with van der Waals surface area (Å²) in [5, 5.41) is 26.9. The molecule has 0 bridgehead atoms. The van der Waals surface area contributed by atoms with Gasteiger partial charge in [0.25, 0.3) is 0 Å². The van der Waals surface area contributed by atoms with Crippen LogP contribution in [0, 0.1) is 5.41 Å². The lowest BCUT2D eigenvalue weighted by Crippen LogP contribution is -2.25. The smallest absolute Gasteiger partial charge is 0.309 e. The van der Waals surface area contributed by atoms with E-state index in [9.17, 15) is 9.90 Å². The Labute approximate surface area is 104 Å². The molecule has 0 saturated heterocycles. The second-order valence-electron chi connectivity index (χ2n) is 4.61. The zero-order valence-corrected chi connectivity index (χ0v) is 10.4. The van der Waals surface area contributed by atoms with Gasteiger partial charge in [0.05, 0.1) is 10.8 Å². The molecule has 94 valence electrons. The summed E-state index contributed by atoms with van der Waals surface area (Å²) >= 11 is 6.10. The van der Waals surface area contributed by atoms with E-state index in [4.69, 9.17) is 21.8 Å². The molecule has 0 aliphatic rings. The molecule has 0 aromatic heterocycles. The molecule has 0 amide bonds. The molecule has 1 aromatic rings. The first-order valence-corrected chi connectivity index (χ1v) is 5.57. The number of alkyl halides is 1. The van der Waals surface area contributed by atoms with Gasteiger partial charge in [0, 0.05) is 0 Å². The first-order chi connectivity index (χ1) is 7.74. The van der Waals surface area contributed by atoms with Crippen LogP contribution in [0.15, 0.2) is 18.2 Å². The van der Waals surface area contributed by atoms with Gasteiger partial charge >= 0.3 is 5.97 Å². The van der Waals surface area contributed by atoms with Crippen molar-refractivity contribution in [3.63, 3.8) is 0 Å². The summed E-state index contributed by atoms with van der Waals surface area (Å²) < 4.78 is 0. The maximum Gasteiger partial charge on any atom is 0.309 e. The monoisotopic (exact) mass is 258 g/mol. The topological polar surface area (TPSA) is 77.8 Å². The molecule has 1 unspecified atom stereocenters. The predicted molar refractivity (Wildman–Crippen MR) is 64.4 cm³/mol. The van der Waals surface area contributed by atoms with Crippen LogP contribution < -0.4 is 0 Å². The number of carboxylic acids is 1. The molecular formula is C12H15ClO4. The van der Waals surface area contributed by atoms with Crippen LogP contribution in [-0.4, -0.2) is 21.3 Å². The largest absolute Gasteiger partial charge is 0.504 e. The van der Waals surface area contributed by atoms with Crippen LogP contribution in [0.25, 0.3) is 0 Å². The third kappa shape index (κ3) is 3.27. The van der Waals surface area contributed by atoms with E-state index in [1.165, 1.54) is 12.1 Å². The standard InChI is InChI=1S/C12H15ClO4/c1-12(2,11(16)17)6-8(13)7-3-4-9(14)10(15)5-7/h3-5,8,14-15H,6H2,1-2H3,(H,16,17). The molecule has 1 atom stereocenters. The molecule has 1 rings (SSSR count). The fraction of sp³-hybridized carbons (Fsp3) is 0.417. The number of phenols is 2. The number of halogens is 1. The first-order valence-electron chi connectivity index (χ1n) is 5.13. The van der Waals surface area contributed by atoms with Gasteiger partial charge in [-0.05, 0) is 38.0 Å². The maximum absolute atomic E-state index is 11.0. The Hall–Kier alpha value is -1.42. The van der Waals surface area contributed by atoms with Gasteiger partial charge < -0.3 is 15.3 Å². The summed E-state index contributed by atoms with van der Waals surface area (Å²) in [7, 11) is 0. The van der Waals surface area contributed by atoms with Crippen LogP contribution in [0.3, 0.4) is 0 Å². The quantitative estimate of drug-likeness (QED) is 0.573. The fourth-order valence-corrected chi connectivity index (χ4v) is 1.91. The number of hydrogen-bond acceptors (Lipinski definition) is 3. The predicted octanol–water partition coefficient (Wildman–Crippen LogP) is 2.88. The highest BCUT2D eigenvalue weighted by atomic mass is 35.5. The van der Waals surface area contributed by atoms with Gasteiger partial charge in [-0.3, -0.25) is 4.79 Å². The average molecular weight is 259 g/mol. The number of hydrogen-bond donors (Lipinski definition) is 3. The minimum atomic E-state index is -0.945. The van der Waals surface area contributed by atoms with Crippen LogP contribution in [0.1, 0.15) is 31.2 Å². The van der Waals surface area contributed by atoms with Gasteiger partial charge in [-0.2, -0.15) is 0 Å². The molecule has 0 saturated carbocycles. The average Bonchev–Trinajstić information content (AvgIpc) is 2.21. The summed E-state index contributed by atoms with van der Waals surface area (Å²) in [6.07, 6.45) is 0.230. The van der Waals surface area contributed by atoms with E-state index in [2.05, 4.69) is 0 Å². The Kier molecular flexibility index (Phi) is 3.88. The normalized spacial score (nSPS) is 13.4. The number of rotatable bonds is 4. The van der Waals surface area contributed by atoms with E-state index in [0.29, 0.717) is 5.56 Å². The van der Waals surface area contributed by atoms with Crippen molar-refractivity contribution in [2.45, 2.75) is 25.6 Å². The molecule has 0 radical (unpaired) electrons. The van der Waals surface area contributed by atoms with Crippen LogP contribution in [0.2, 0.25) is 0 Å². The van der Waals surface area contributed by atoms with Gasteiger partial charge in [0.2, 0.25) is 0 Å². The third-order valence-corrected chi connectivity index (χ3v) is 3.04. The van der Waals surface area contributed by atoms with Gasteiger partial charge in [-0.1, -0.05) is 6.07 Å². The Bertz CT molecular complexity index is 429. The molecule has 0 aliphatic carbocycles. The molecule has 0 spiro atoms. The zero-order valence-electron chi connectivity index (χ0n) is 9.64. The lowest BCUT2D eigenvalue weighted by Gasteiger charge is -2.22. The van der Waals surface area contributed by atoms with Crippen molar-refractivity contribution in [1.82, 2.24) is 0 Å². The molecule has 5 heteroatoms. The molecular weight excluding hydrogens is 244 g/mol. The van der Waals surface area contributed by atoms with Crippen molar-refractivity contribution >= 4 is 17.6 Å². The Morgan fingerprint density at radius 2 is 1.94 bits per heavy atom. The van der Waals surface area contributed by atoms with Crippen molar-refractivity contribution in [3.05, 3.63) is 23.8 Å². The van der Waals surface area contributed by atoms with Gasteiger partial charge in [0.1, 0.15) is 0 Å². The number of aliphatic carboxylic acids is 1. The number of benzene rings is 1. The van der Waals surface area contributed by atoms with Gasteiger partial charge in [-0.15, -0.1) is 11.6 Å². The summed E-state index contributed by atoms with van der Waals surface area (Å²) in [6.45, 7) is 3.18. The molecule has 3 N–H and O–H groups in total. The van der Waals surface area contributed by atoms with Crippen molar-refractivity contribution in [1.29, 1.82) is 0 Å². The van der Waals surface area contributed by atoms with Crippen LogP contribution in [0.4, 0.5) is 0 Å². The summed E-state index contributed by atoms with van der Waals surface area (Å²) in [4.78, 5) is 11.0. The van der Waals surface area contributed by atoms with Crippen molar-refractivity contribution in [2.75, 3.05) is 0 Å². The van der Waals surface area contributed by atoms with E-state index >= 15 is 0 Å². The zero-order chi connectivity index (χ0) is 13.2. The second kappa shape index (κ2) is 4.84. The van der Waals surface area contributed by atoms with E-state index in [1.807, 2.05) is 0 Å². The SMILES string of the molecule is CC(C)(CC(Cl)c1ccc(O)c(O)c1)C(=O)O. The molecule has 0 heterocycles. The number of carbonyl (C=O) groups is 1. The van der Waals surface area contributed by atoms with Crippen molar-refractivity contribution in [2.24, 2.45) is 5.41 Å². The molecule has 0 aliphatic heterocycles. The summed E-state index contributed by atoms with van der Waals surface area (Å²) in [5.41, 5.74) is -0.365. The lowest BCUT2D eigenvalue weighted by atomic mass is 9.86. The van der Waals surface area contributed by atoms with E-state index in [-0.39, 0.29) is 17.9 Å². The molecule has 4 nitrogen and oxygen atoms in total. The molecule has 17 heavy (non-hydrogen) atoms. The fourth-order valence-electron chi connectivity index (χ4n) is 1.39. The first kappa shape index (κ1) is 13.6. The summed E-state index contributed by atoms with van der Waals surface area (Å²) in [5.74, 6) is -1.41. The van der Waals surface area contributed by atoms with Crippen LogP contribution in [-0.2, 0) is 4.79 Å². The third-order valence-electron chi connectivity index (χ3n) is 2.63. The number of phenolic OH excluding ortho intramolecular Hbond substituents is 2. The van der Waals surface area contributed by atoms with E-state index in [1.54, 1.807) is 19.9 Å². The highest BCUT2D eigenvalue weighted by Crippen LogP contribution is 2.37. The van der Waals surface area contributed by atoms with E-state index < -0.39 is 16.8 Å². The van der Waals surface area contributed by atoms with Crippen molar-refractivity contribution < 1.29 is 20.1 Å². The number of carboxylic acid groups (broad SMARTS) is 1. The maximum atomic E-state index is 11.0. The van der Waals surface area contributed by atoms with Crippen LogP contribution in [0.5, 0.6) is 11.5 Å². The minimum Gasteiger partial charge on any atom is -0.504 e. The van der Waals surface area contributed by atoms with Crippen molar-refractivity contribution in [3.8, 4) is 11.5 Å².